The van der Waals surface area contributed by atoms with Crippen LogP contribution in [0.1, 0.15) is 12.0 Å². The molecule has 1 N–H and O–H groups in total. The minimum Gasteiger partial charge on any atom is -0.496 e. The number of para-hydroxylation sites is 1. The van der Waals surface area contributed by atoms with Crippen LogP contribution in [-0.2, 0) is 16.0 Å². The third-order valence-corrected chi connectivity index (χ3v) is 2.72. The highest BCUT2D eigenvalue weighted by Gasteiger charge is 2.21. The number of ether oxygens (including phenoxy) is 2. The summed E-state index contributed by atoms with van der Waals surface area (Å²) >= 11 is 0. The van der Waals surface area contributed by atoms with Gasteiger partial charge in [0.15, 0.2) is 5.90 Å². The van der Waals surface area contributed by atoms with Gasteiger partial charge in [0.05, 0.1) is 13.2 Å². The Morgan fingerprint density at radius 3 is 3.06 bits per heavy atom. The Morgan fingerprint density at radius 2 is 2.33 bits per heavy atom. The molecule has 0 aliphatic carbocycles. The fourth-order valence-corrected chi connectivity index (χ4v) is 1.93. The van der Waals surface area contributed by atoms with E-state index in [-0.39, 0.29) is 12.5 Å². The molecule has 1 unspecified atom stereocenters. The molecule has 5 nitrogen and oxygen atoms in total. The van der Waals surface area contributed by atoms with Gasteiger partial charge >= 0.3 is 5.97 Å². The molecule has 1 aromatic carbocycles. The van der Waals surface area contributed by atoms with Gasteiger partial charge in [-0.2, -0.15) is 0 Å². The average molecular weight is 249 g/mol. The number of nitrogens with zero attached hydrogens (tertiary/aromatic N) is 1. The number of rotatable bonds is 5. The van der Waals surface area contributed by atoms with Crippen molar-refractivity contribution >= 4 is 11.9 Å². The van der Waals surface area contributed by atoms with Crippen molar-refractivity contribution in [3.63, 3.8) is 0 Å². The third-order valence-electron chi connectivity index (χ3n) is 2.72. The van der Waals surface area contributed by atoms with E-state index in [4.69, 9.17) is 14.6 Å². The number of methoxy groups -OCH3 is 1. The summed E-state index contributed by atoms with van der Waals surface area (Å²) in [5.41, 5.74) is 1.05. The van der Waals surface area contributed by atoms with E-state index in [1.54, 1.807) is 7.11 Å². The first kappa shape index (κ1) is 12.4. The Kier molecular flexibility index (Phi) is 3.82. The zero-order valence-electron chi connectivity index (χ0n) is 10.1. The minimum absolute atomic E-state index is 0.0318. The number of aliphatic carboxylic acids is 1. The maximum absolute atomic E-state index is 10.5. The van der Waals surface area contributed by atoms with Gasteiger partial charge in [-0.15, -0.1) is 0 Å². The summed E-state index contributed by atoms with van der Waals surface area (Å²) in [5, 5.41) is 8.65. The Morgan fingerprint density at radius 1 is 1.56 bits per heavy atom. The molecular weight excluding hydrogens is 234 g/mol. The molecule has 1 aliphatic heterocycles. The predicted molar refractivity (Wildman–Crippen MR) is 66.1 cm³/mol. The summed E-state index contributed by atoms with van der Waals surface area (Å²) in [7, 11) is 1.63. The van der Waals surface area contributed by atoms with Crippen molar-refractivity contribution in [2.24, 2.45) is 4.99 Å². The zero-order valence-corrected chi connectivity index (χ0v) is 10.1. The molecule has 1 atom stereocenters. The molecule has 0 aromatic heterocycles. The van der Waals surface area contributed by atoms with Gasteiger partial charge in [0, 0.05) is 6.42 Å². The molecule has 1 heterocycles. The SMILES string of the molecule is COc1ccccc1CC1COC(CC(=O)O)=N1. The molecular formula is C13H15NO4. The second kappa shape index (κ2) is 5.53. The van der Waals surface area contributed by atoms with Crippen molar-refractivity contribution < 1.29 is 19.4 Å². The summed E-state index contributed by atoms with van der Waals surface area (Å²) in [5.74, 6) is 0.202. The van der Waals surface area contributed by atoms with Crippen LogP contribution in [0.4, 0.5) is 0 Å². The summed E-state index contributed by atoms with van der Waals surface area (Å²) in [6, 6.07) is 7.69. The Hall–Kier alpha value is -2.04. The van der Waals surface area contributed by atoms with E-state index in [0.717, 1.165) is 11.3 Å². The summed E-state index contributed by atoms with van der Waals surface area (Å²) in [6.45, 7) is 0.431. The molecule has 1 aliphatic rings. The normalized spacial score (nSPS) is 18.1. The van der Waals surface area contributed by atoms with Gasteiger partial charge in [-0.1, -0.05) is 18.2 Å². The highest BCUT2D eigenvalue weighted by Crippen LogP contribution is 2.21. The number of benzene rings is 1. The van der Waals surface area contributed by atoms with Gasteiger partial charge < -0.3 is 14.6 Å². The van der Waals surface area contributed by atoms with Crippen molar-refractivity contribution in [2.45, 2.75) is 18.9 Å². The van der Waals surface area contributed by atoms with Gasteiger partial charge in [0.1, 0.15) is 18.8 Å². The summed E-state index contributed by atoms with van der Waals surface area (Å²) < 4.78 is 10.5. The van der Waals surface area contributed by atoms with E-state index in [1.807, 2.05) is 24.3 Å². The molecule has 0 amide bonds. The van der Waals surface area contributed by atoms with Crippen LogP contribution >= 0.6 is 0 Å². The first-order valence-corrected chi connectivity index (χ1v) is 5.72. The molecule has 0 spiro atoms. The van der Waals surface area contributed by atoms with Gasteiger partial charge in [-0.25, -0.2) is 4.99 Å². The highest BCUT2D eigenvalue weighted by atomic mass is 16.5. The quantitative estimate of drug-likeness (QED) is 0.858. The standard InChI is InChI=1S/C13H15NO4/c1-17-11-5-3-2-4-9(11)6-10-8-18-12(14-10)7-13(15)16/h2-5,10H,6-8H2,1H3,(H,15,16). The van der Waals surface area contributed by atoms with Gasteiger partial charge in [-0.3, -0.25) is 4.79 Å². The second-order valence-electron chi connectivity index (χ2n) is 4.07. The highest BCUT2D eigenvalue weighted by molar-refractivity contribution is 5.94. The maximum atomic E-state index is 10.5. The largest absolute Gasteiger partial charge is 0.496 e. The number of aliphatic imine (C=N–C) groups is 1. The van der Waals surface area contributed by atoms with Crippen LogP contribution in [0.25, 0.3) is 0 Å². The monoisotopic (exact) mass is 249 g/mol. The minimum atomic E-state index is -0.924. The fraction of sp³-hybridized carbons (Fsp3) is 0.385. The number of carbonyl (C=O) groups is 1. The average Bonchev–Trinajstić information content (AvgIpc) is 2.76. The number of hydrogen-bond acceptors (Lipinski definition) is 4. The molecule has 5 heteroatoms. The first-order valence-electron chi connectivity index (χ1n) is 5.72. The van der Waals surface area contributed by atoms with E-state index in [0.29, 0.717) is 18.9 Å². The van der Waals surface area contributed by atoms with Gasteiger partial charge in [0.2, 0.25) is 0 Å². The van der Waals surface area contributed by atoms with Crippen LogP contribution in [0, 0.1) is 0 Å². The topological polar surface area (TPSA) is 68.1 Å². The lowest BCUT2D eigenvalue weighted by Gasteiger charge is -2.09. The van der Waals surface area contributed by atoms with Crippen molar-refractivity contribution in [2.75, 3.05) is 13.7 Å². The Labute approximate surface area is 105 Å². The van der Waals surface area contributed by atoms with Gasteiger partial charge in [-0.05, 0) is 11.6 Å². The van der Waals surface area contributed by atoms with E-state index in [9.17, 15) is 4.79 Å². The Bertz CT molecular complexity index is 470. The molecule has 0 saturated heterocycles. The van der Waals surface area contributed by atoms with Crippen LogP contribution in [0.2, 0.25) is 0 Å². The number of carboxylic acid groups (broad SMARTS) is 1. The molecule has 18 heavy (non-hydrogen) atoms. The zero-order chi connectivity index (χ0) is 13.0. The van der Waals surface area contributed by atoms with Crippen LogP contribution in [0.5, 0.6) is 5.75 Å². The van der Waals surface area contributed by atoms with Crippen LogP contribution in [-0.4, -0.2) is 36.7 Å². The lowest BCUT2D eigenvalue weighted by Crippen LogP contribution is -2.10. The van der Waals surface area contributed by atoms with Crippen LogP contribution < -0.4 is 4.74 Å². The van der Waals surface area contributed by atoms with E-state index >= 15 is 0 Å². The lowest BCUT2D eigenvalue weighted by molar-refractivity contribution is -0.135. The van der Waals surface area contributed by atoms with Crippen LogP contribution in [0.3, 0.4) is 0 Å². The van der Waals surface area contributed by atoms with Crippen molar-refractivity contribution in [1.29, 1.82) is 0 Å². The van der Waals surface area contributed by atoms with E-state index in [2.05, 4.69) is 4.99 Å². The molecule has 0 saturated carbocycles. The molecule has 2 rings (SSSR count). The van der Waals surface area contributed by atoms with Gasteiger partial charge in [0.25, 0.3) is 0 Å². The second-order valence-corrected chi connectivity index (χ2v) is 4.07. The first-order chi connectivity index (χ1) is 8.69. The van der Waals surface area contributed by atoms with Crippen LogP contribution in [0.15, 0.2) is 29.3 Å². The molecule has 0 bridgehead atoms. The van der Waals surface area contributed by atoms with E-state index < -0.39 is 5.97 Å². The van der Waals surface area contributed by atoms with Crippen molar-refractivity contribution in [3.05, 3.63) is 29.8 Å². The number of hydrogen-bond donors (Lipinski definition) is 1. The number of carboxylic acids is 1. The van der Waals surface area contributed by atoms with Crippen molar-refractivity contribution in [3.8, 4) is 5.75 Å². The molecule has 0 radical (unpaired) electrons. The van der Waals surface area contributed by atoms with Crippen molar-refractivity contribution in [1.82, 2.24) is 0 Å². The summed E-state index contributed by atoms with van der Waals surface area (Å²) in [6.07, 6.45) is 0.537. The van der Waals surface area contributed by atoms with E-state index in [1.165, 1.54) is 0 Å². The third kappa shape index (κ3) is 3.00. The molecule has 1 aromatic rings. The predicted octanol–water partition coefficient (Wildman–Crippen LogP) is 1.51. The fourth-order valence-electron chi connectivity index (χ4n) is 1.93. The molecule has 0 fully saturated rings. The summed E-state index contributed by atoms with van der Waals surface area (Å²) in [4.78, 5) is 14.8. The lowest BCUT2D eigenvalue weighted by atomic mass is 10.1. The maximum Gasteiger partial charge on any atom is 0.312 e. The Balaban J connectivity index is 2.02. The smallest absolute Gasteiger partial charge is 0.312 e. The molecule has 96 valence electrons.